The van der Waals surface area contributed by atoms with E-state index in [2.05, 4.69) is 15.4 Å². The number of hydrogen-bond acceptors (Lipinski definition) is 5. The lowest BCUT2D eigenvalue weighted by Crippen LogP contribution is -2.41. The number of amides is 2. The van der Waals surface area contributed by atoms with Crippen LogP contribution in [0.3, 0.4) is 0 Å². The number of aromatic nitrogens is 3. The molecule has 2 aliphatic rings. The van der Waals surface area contributed by atoms with Gasteiger partial charge in [-0.2, -0.15) is 23.5 Å². The van der Waals surface area contributed by atoms with Crippen LogP contribution in [0.25, 0.3) is 11.3 Å². The van der Waals surface area contributed by atoms with Crippen LogP contribution < -0.4 is 11.1 Å². The van der Waals surface area contributed by atoms with Crippen molar-refractivity contribution in [3.8, 4) is 17.3 Å². The van der Waals surface area contributed by atoms with Gasteiger partial charge in [-0.3, -0.25) is 4.68 Å². The Hall–Kier alpha value is -3.78. The molecule has 1 aromatic carbocycles. The highest BCUT2D eigenvalue weighted by Crippen LogP contribution is 2.44. The zero-order valence-electron chi connectivity index (χ0n) is 19.8. The molecule has 8 nitrogen and oxygen atoms in total. The summed E-state index contributed by atoms with van der Waals surface area (Å²) in [7, 11) is 0. The third-order valence-corrected chi connectivity index (χ3v) is 7.55. The first-order chi connectivity index (χ1) is 17.5. The van der Waals surface area contributed by atoms with E-state index in [1.165, 1.54) is 6.20 Å². The summed E-state index contributed by atoms with van der Waals surface area (Å²) in [6.07, 6.45) is -1.83. The van der Waals surface area contributed by atoms with E-state index in [-0.39, 0.29) is 23.1 Å². The molecule has 1 unspecified atom stereocenters. The predicted octanol–water partition coefficient (Wildman–Crippen LogP) is 4.89. The topological polar surface area (TPSA) is 113 Å². The van der Waals surface area contributed by atoms with Crippen molar-refractivity contribution in [1.29, 1.82) is 5.26 Å². The minimum Gasteiger partial charge on any atom is -0.383 e. The standard InChI is InChI=1S/C25H23ClF3N7O/c1-14(17-3-2-15(11-30)8-19(17)26)33-23(37)35-6-4-24(13-35)5-7-36-21(24)10-20(34-36)16-9-18(25(27,28)29)22(31)32-12-16/h2-3,8-10,12,14H,4-7,13H2,1H3,(H2,31,32)(H,33,37)/t14-,24?/m1/s1. The second kappa shape index (κ2) is 8.95. The minimum absolute atomic E-state index is 0.235. The summed E-state index contributed by atoms with van der Waals surface area (Å²) in [5.74, 6) is -0.576. The third-order valence-electron chi connectivity index (χ3n) is 7.22. The SMILES string of the molecule is C[C@@H](NC(=O)N1CCC2(CCn3nc(-c4cnc(N)c(C(F)(F)F)c4)cc32)C1)c1ccc(C#N)cc1Cl. The van der Waals surface area contributed by atoms with Gasteiger partial charge in [-0.25, -0.2) is 9.78 Å². The molecule has 0 aliphatic carbocycles. The van der Waals surface area contributed by atoms with Crippen LogP contribution in [0.4, 0.5) is 23.8 Å². The molecule has 0 radical (unpaired) electrons. The van der Waals surface area contributed by atoms with Crippen LogP contribution in [-0.4, -0.2) is 38.8 Å². The fourth-order valence-corrected chi connectivity index (χ4v) is 5.55. The van der Waals surface area contributed by atoms with Crippen LogP contribution in [0.5, 0.6) is 0 Å². The number of anilines is 1. The van der Waals surface area contributed by atoms with Crippen molar-refractivity contribution in [2.75, 3.05) is 18.8 Å². The predicted molar refractivity (Wildman–Crippen MR) is 130 cm³/mol. The Labute approximate surface area is 215 Å². The van der Waals surface area contributed by atoms with Crippen molar-refractivity contribution >= 4 is 23.4 Å². The van der Waals surface area contributed by atoms with Gasteiger partial charge >= 0.3 is 12.2 Å². The second-order valence-corrected chi connectivity index (χ2v) is 9.92. The molecule has 3 aromatic rings. The Morgan fingerprint density at radius 2 is 2.03 bits per heavy atom. The molecule has 4 heterocycles. The summed E-state index contributed by atoms with van der Waals surface area (Å²) in [6.45, 7) is 3.42. The maximum absolute atomic E-state index is 13.3. The number of nitrogens with zero attached hydrogens (tertiary/aromatic N) is 5. The van der Waals surface area contributed by atoms with Gasteiger partial charge in [0, 0.05) is 47.5 Å². The number of pyridine rings is 1. The van der Waals surface area contributed by atoms with Crippen LogP contribution in [0.1, 0.15) is 48.2 Å². The van der Waals surface area contributed by atoms with Gasteiger partial charge in [0.2, 0.25) is 0 Å². The first-order valence-corrected chi connectivity index (χ1v) is 12.0. The normalized spacial score (nSPS) is 19.6. The second-order valence-electron chi connectivity index (χ2n) is 9.51. The molecule has 2 amide bonds. The van der Waals surface area contributed by atoms with Crippen LogP contribution >= 0.6 is 11.6 Å². The number of carbonyl (C=O) groups excluding carboxylic acids is 1. The van der Waals surface area contributed by atoms with Crippen molar-refractivity contribution in [2.24, 2.45) is 0 Å². The molecular weight excluding hydrogens is 507 g/mol. The molecule has 192 valence electrons. The Bertz CT molecular complexity index is 1430. The van der Waals surface area contributed by atoms with E-state index in [9.17, 15) is 18.0 Å². The summed E-state index contributed by atoms with van der Waals surface area (Å²) >= 11 is 6.30. The first-order valence-electron chi connectivity index (χ1n) is 11.7. The molecule has 0 bridgehead atoms. The Kier molecular flexibility index (Phi) is 6.02. The van der Waals surface area contributed by atoms with E-state index in [1.54, 1.807) is 33.8 Å². The minimum atomic E-state index is -4.62. The van der Waals surface area contributed by atoms with Gasteiger partial charge in [0.15, 0.2) is 0 Å². The van der Waals surface area contributed by atoms with Gasteiger partial charge in [-0.05, 0) is 49.6 Å². The highest BCUT2D eigenvalue weighted by atomic mass is 35.5. The van der Waals surface area contributed by atoms with Gasteiger partial charge in [0.1, 0.15) is 5.82 Å². The molecule has 1 fully saturated rings. The van der Waals surface area contributed by atoms with Crippen molar-refractivity contribution in [3.63, 3.8) is 0 Å². The van der Waals surface area contributed by atoms with E-state index in [4.69, 9.17) is 22.6 Å². The number of likely N-dealkylation sites (tertiary alicyclic amines) is 1. The zero-order valence-corrected chi connectivity index (χ0v) is 20.6. The number of nitriles is 1. The number of aryl methyl sites for hydroxylation is 1. The van der Waals surface area contributed by atoms with Gasteiger partial charge in [-0.15, -0.1) is 0 Å². The number of nitrogens with one attached hydrogen (secondary N) is 1. The molecule has 2 aromatic heterocycles. The molecule has 12 heteroatoms. The van der Waals surface area contributed by atoms with Gasteiger partial charge in [0.05, 0.1) is 28.9 Å². The quantitative estimate of drug-likeness (QED) is 0.501. The third kappa shape index (κ3) is 4.46. The average Bonchev–Trinajstić information content (AvgIpc) is 3.55. The molecule has 5 rings (SSSR count). The number of hydrogen-bond donors (Lipinski definition) is 2. The van der Waals surface area contributed by atoms with Gasteiger partial charge in [0.25, 0.3) is 0 Å². The Morgan fingerprint density at radius 1 is 1.27 bits per heavy atom. The van der Waals surface area contributed by atoms with Crippen molar-refractivity contribution < 1.29 is 18.0 Å². The van der Waals surface area contributed by atoms with E-state index < -0.39 is 17.6 Å². The fourth-order valence-electron chi connectivity index (χ4n) is 5.21. The largest absolute Gasteiger partial charge is 0.419 e. The van der Waals surface area contributed by atoms with E-state index in [1.807, 2.05) is 13.0 Å². The van der Waals surface area contributed by atoms with Crippen molar-refractivity contribution in [1.82, 2.24) is 25.0 Å². The van der Waals surface area contributed by atoms with Crippen molar-refractivity contribution in [2.45, 2.75) is 43.9 Å². The van der Waals surface area contributed by atoms with Crippen LogP contribution in [0, 0.1) is 11.3 Å². The lowest BCUT2D eigenvalue weighted by Gasteiger charge is -2.25. The zero-order chi connectivity index (χ0) is 26.5. The number of halogens is 4. The molecule has 1 spiro atoms. The van der Waals surface area contributed by atoms with Crippen molar-refractivity contribution in [3.05, 3.63) is 63.9 Å². The summed E-state index contributed by atoms with van der Waals surface area (Å²) in [5.41, 5.74) is 6.79. The van der Waals surface area contributed by atoms with E-state index >= 15 is 0 Å². The lowest BCUT2D eigenvalue weighted by atomic mass is 9.82. The average molecular weight is 530 g/mol. The maximum Gasteiger partial charge on any atom is 0.419 e. The summed E-state index contributed by atoms with van der Waals surface area (Å²) < 4.78 is 41.7. The van der Waals surface area contributed by atoms with Crippen LogP contribution in [-0.2, 0) is 18.1 Å². The molecule has 2 atom stereocenters. The maximum atomic E-state index is 13.3. The monoisotopic (exact) mass is 529 g/mol. The Balaban J connectivity index is 1.32. The smallest absolute Gasteiger partial charge is 0.383 e. The van der Waals surface area contributed by atoms with Gasteiger partial charge in [-0.1, -0.05) is 17.7 Å². The highest BCUT2D eigenvalue weighted by molar-refractivity contribution is 6.31. The number of fused-ring (bicyclic) bond motifs is 2. The molecular formula is C25H23ClF3N7O. The summed E-state index contributed by atoms with van der Waals surface area (Å²) in [4.78, 5) is 18.5. The lowest BCUT2D eigenvalue weighted by molar-refractivity contribution is -0.137. The summed E-state index contributed by atoms with van der Waals surface area (Å²) in [6, 6.07) is 9.14. The van der Waals surface area contributed by atoms with E-state index in [0.717, 1.165) is 18.2 Å². The summed E-state index contributed by atoms with van der Waals surface area (Å²) in [5, 5.41) is 16.9. The van der Waals surface area contributed by atoms with Crippen LogP contribution in [0.15, 0.2) is 36.5 Å². The highest BCUT2D eigenvalue weighted by Gasteiger charge is 2.47. The number of urea groups is 1. The number of alkyl halides is 3. The van der Waals surface area contributed by atoms with Gasteiger partial charge < -0.3 is 16.0 Å². The Morgan fingerprint density at radius 3 is 2.73 bits per heavy atom. The van der Waals surface area contributed by atoms with Crippen LogP contribution in [0.2, 0.25) is 5.02 Å². The van der Waals surface area contributed by atoms with E-state index in [0.29, 0.717) is 47.9 Å². The number of benzene rings is 1. The molecule has 37 heavy (non-hydrogen) atoms. The molecule has 3 N–H and O–H groups in total. The number of nitrogen functional groups attached to an aromatic ring is 1. The number of rotatable bonds is 3. The fraction of sp³-hybridized carbons (Fsp3) is 0.360. The molecule has 1 saturated heterocycles. The molecule has 0 saturated carbocycles. The number of carbonyl (C=O) groups is 1. The molecule has 2 aliphatic heterocycles. The first kappa shape index (κ1) is 24.9. The number of nitrogens with two attached hydrogens (primary N) is 1.